The van der Waals surface area contributed by atoms with Crippen molar-refractivity contribution in [2.45, 2.75) is 225 Å². The number of hydrogen-bond donors (Lipinski definition) is 0. The first-order valence-corrected chi connectivity index (χ1v) is 38.8. The van der Waals surface area contributed by atoms with E-state index in [2.05, 4.69) is 13.5 Å². The number of ether oxygens (including phenoxy) is 11. The number of carbonyl (C=O) groups excluding carboxylic acids is 8. The first-order valence-electron chi connectivity index (χ1n) is 38.8. The van der Waals surface area contributed by atoms with Crippen molar-refractivity contribution in [3.63, 3.8) is 0 Å². The van der Waals surface area contributed by atoms with E-state index >= 15 is 0 Å². The van der Waals surface area contributed by atoms with E-state index in [0.717, 1.165) is 152 Å². The van der Waals surface area contributed by atoms with Crippen molar-refractivity contribution in [1.29, 1.82) is 0 Å². The van der Waals surface area contributed by atoms with Gasteiger partial charge in [-0.2, -0.15) is 0 Å². The van der Waals surface area contributed by atoms with Gasteiger partial charge in [-0.25, -0.2) is 19.2 Å². The Bertz CT molecular complexity index is 3350. The van der Waals surface area contributed by atoms with E-state index in [1.54, 1.807) is 121 Å². The third-order valence-electron chi connectivity index (χ3n) is 19.3. The maximum absolute atomic E-state index is 13.1. The average molecular weight is 1450 g/mol. The minimum Gasteiger partial charge on any atom is -0.494 e. The topological polar surface area (TPSA) is 238 Å². The van der Waals surface area contributed by atoms with E-state index in [-0.39, 0.29) is 37.3 Å². The fourth-order valence-corrected chi connectivity index (χ4v) is 13.1. The summed E-state index contributed by atoms with van der Waals surface area (Å²) in [4.78, 5) is 99.3. The molecule has 0 heterocycles. The molecule has 0 unspecified atom stereocenters. The van der Waals surface area contributed by atoms with Crippen LogP contribution in [0.3, 0.4) is 0 Å². The summed E-state index contributed by atoms with van der Waals surface area (Å²) in [5.74, 6) is 2.49. The zero-order valence-corrected chi connectivity index (χ0v) is 61.9. The highest BCUT2D eigenvalue weighted by molar-refractivity contribution is 5.92. The van der Waals surface area contributed by atoms with E-state index in [1.807, 2.05) is 0 Å². The number of unbranched alkanes of at least 4 members (excludes halogenated alkanes) is 17. The summed E-state index contributed by atoms with van der Waals surface area (Å²) in [6, 6.07) is 33.1. The number of hydrogen-bond acceptors (Lipinski definition) is 19. The van der Waals surface area contributed by atoms with Crippen LogP contribution in [-0.4, -0.2) is 94.0 Å². The van der Waals surface area contributed by atoms with Gasteiger partial charge in [0.05, 0.1) is 81.7 Å². The molecule has 19 nitrogen and oxygen atoms in total. The quantitative estimate of drug-likeness (QED) is 0.0116. The molecule has 0 N–H and O–H groups in total. The molecule has 570 valence electrons. The third kappa shape index (κ3) is 34.2. The molecule has 5 aromatic rings. The summed E-state index contributed by atoms with van der Waals surface area (Å²) in [6.07, 6.45) is 32.9. The molecule has 2 aliphatic rings. The Kier molecular flexibility index (Phi) is 39.4. The van der Waals surface area contributed by atoms with Gasteiger partial charge in [0.15, 0.2) is 0 Å². The van der Waals surface area contributed by atoms with Crippen molar-refractivity contribution >= 4 is 47.8 Å². The van der Waals surface area contributed by atoms with Gasteiger partial charge >= 0.3 is 47.8 Å². The van der Waals surface area contributed by atoms with Crippen LogP contribution >= 0.6 is 0 Å². The SMILES string of the molecule is C=CC(=O)OCCCCCCOc1ccc(C(=O)Oc2ccc(OC(=O)c3ccc(OCCCCCCCCOC(=O)CCCCCOC(=O)CCC(=O)OCCCCCCCCOc4ccc(C(=O)Oc5ccc(OC(=O)C6CCC(C7CCC(CCCCC)CC7)CC6)cc5)cc4)cc3)cc2)cc1. The molecule has 5 aromatic carbocycles. The van der Waals surface area contributed by atoms with Gasteiger partial charge in [0.1, 0.15) is 40.2 Å². The second-order valence-electron chi connectivity index (χ2n) is 27.5. The maximum atomic E-state index is 13.1. The third-order valence-corrected chi connectivity index (χ3v) is 19.3. The van der Waals surface area contributed by atoms with Crippen LogP contribution in [0.15, 0.2) is 134 Å². The highest BCUT2D eigenvalue weighted by atomic mass is 16.6. The van der Waals surface area contributed by atoms with Crippen molar-refractivity contribution in [1.82, 2.24) is 0 Å². The predicted molar refractivity (Wildman–Crippen MR) is 400 cm³/mol. The Morgan fingerprint density at radius 3 is 0.990 bits per heavy atom. The van der Waals surface area contributed by atoms with E-state index in [4.69, 9.17) is 52.1 Å². The van der Waals surface area contributed by atoms with Gasteiger partial charge in [-0.15, -0.1) is 0 Å². The Hall–Kier alpha value is -9.00. The van der Waals surface area contributed by atoms with Crippen molar-refractivity contribution in [3.8, 4) is 40.2 Å². The zero-order valence-electron chi connectivity index (χ0n) is 61.9. The molecule has 7 rings (SSSR count). The lowest BCUT2D eigenvalue weighted by Gasteiger charge is -2.37. The molecule has 0 atom stereocenters. The molecule has 0 radical (unpaired) electrons. The predicted octanol–water partition coefficient (Wildman–Crippen LogP) is 19.2. The van der Waals surface area contributed by atoms with Crippen LogP contribution in [0.5, 0.6) is 40.2 Å². The number of esters is 8. The summed E-state index contributed by atoms with van der Waals surface area (Å²) in [5.41, 5.74) is 1.10. The molecule has 0 saturated heterocycles. The summed E-state index contributed by atoms with van der Waals surface area (Å²) in [6.45, 7) is 8.55. The van der Waals surface area contributed by atoms with Crippen LogP contribution in [-0.2, 0) is 42.9 Å². The zero-order chi connectivity index (χ0) is 74.3. The van der Waals surface area contributed by atoms with Crippen LogP contribution < -0.4 is 33.2 Å². The van der Waals surface area contributed by atoms with E-state index < -0.39 is 35.8 Å². The summed E-state index contributed by atoms with van der Waals surface area (Å²) in [5, 5.41) is 0. The van der Waals surface area contributed by atoms with Crippen molar-refractivity contribution in [2.75, 3.05) is 46.2 Å². The second kappa shape index (κ2) is 49.7. The van der Waals surface area contributed by atoms with Crippen molar-refractivity contribution in [2.24, 2.45) is 23.7 Å². The van der Waals surface area contributed by atoms with Crippen LogP contribution in [0, 0.1) is 23.7 Å². The summed E-state index contributed by atoms with van der Waals surface area (Å²) < 4.78 is 60.9. The minimum absolute atomic E-state index is 0.0319. The second-order valence-corrected chi connectivity index (χ2v) is 27.5. The molecule has 2 saturated carbocycles. The maximum Gasteiger partial charge on any atom is 0.343 e. The van der Waals surface area contributed by atoms with E-state index in [1.165, 1.54) is 51.4 Å². The average Bonchev–Trinajstić information content (AvgIpc) is 0.888. The Morgan fingerprint density at radius 2 is 0.629 bits per heavy atom. The minimum atomic E-state index is -0.542. The molecule has 0 spiro atoms. The van der Waals surface area contributed by atoms with Crippen molar-refractivity contribution in [3.05, 3.63) is 151 Å². The molecule has 0 aliphatic heterocycles. The molecule has 2 fully saturated rings. The Morgan fingerprint density at radius 1 is 0.324 bits per heavy atom. The molecule has 0 amide bonds. The number of benzene rings is 5. The number of rotatable bonds is 51. The summed E-state index contributed by atoms with van der Waals surface area (Å²) in [7, 11) is 0. The normalized spacial score (nSPS) is 15.4. The lowest BCUT2D eigenvalue weighted by atomic mass is 9.68. The van der Waals surface area contributed by atoms with Gasteiger partial charge in [0.2, 0.25) is 0 Å². The molecular formula is C86H112O19. The van der Waals surface area contributed by atoms with Crippen molar-refractivity contribution < 1.29 is 90.5 Å². The first-order chi connectivity index (χ1) is 51.3. The van der Waals surface area contributed by atoms with E-state index in [0.29, 0.717) is 122 Å². The molecular weight excluding hydrogens is 1340 g/mol. The van der Waals surface area contributed by atoms with Crippen LogP contribution in [0.25, 0.3) is 0 Å². The lowest BCUT2D eigenvalue weighted by Crippen LogP contribution is -2.30. The fourth-order valence-electron chi connectivity index (χ4n) is 13.1. The molecule has 2 aliphatic carbocycles. The first kappa shape index (κ1) is 83.3. The van der Waals surface area contributed by atoms with Crippen LogP contribution in [0.1, 0.15) is 256 Å². The van der Waals surface area contributed by atoms with Gasteiger partial charge in [-0.05, 0) is 248 Å². The van der Waals surface area contributed by atoms with Crippen LogP contribution in [0.2, 0.25) is 0 Å². The molecule has 105 heavy (non-hydrogen) atoms. The van der Waals surface area contributed by atoms with Gasteiger partial charge in [-0.1, -0.05) is 103 Å². The molecule has 19 heteroatoms. The standard InChI is InChI=1S/C86H112O19/c1-3-5-17-26-65-28-30-66(31-29-65)67-32-34-68(35-33-67)83(91)102-75-48-50-76(51-49-75)103-84(92)69-36-42-73(43-37-69)96-59-20-11-7-9-13-23-63-100-81(89)56-57-82(90)101-64-25-16-18-27-80(88)99-62-22-12-8-6-10-19-58-95-72-44-38-70(39-45-72)85(93)104-77-52-54-78(55-53-77)105-86(94)71-40-46-74(47-41-71)97-60-21-14-15-24-61-98-79(87)4-2/h4,36-55,65-68H,2-3,5-35,56-64H2,1H3. The monoisotopic (exact) mass is 1450 g/mol. The molecule has 0 bridgehead atoms. The Balaban J connectivity index is 0.585. The lowest BCUT2D eigenvalue weighted by molar-refractivity contribution is -0.150. The fraction of sp³-hybridized carbons (Fsp3) is 0.535. The largest absolute Gasteiger partial charge is 0.494 e. The smallest absolute Gasteiger partial charge is 0.343 e. The van der Waals surface area contributed by atoms with E-state index in [9.17, 15) is 38.4 Å². The molecule has 0 aromatic heterocycles. The van der Waals surface area contributed by atoms with Gasteiger partial charge in [-0.3, -0.25) is 19.2 Å². The highest BCUT2D eigenvalue weighted by Crippen LogP contribution is 2.43. The Labute approximate surface area is 621 Å². The van der Waals surface area contributed by atoms with Gasteiger partial charge in [0, 0.05) is 12.5 Å². The summed E-state index contributed by atoms with van der Waals surface area (Å²) >= 11 is 0. The highest BCUT2D eigenvalue weighted by Gasteiger charge is 2.34. The van der Waals surface area contributed by atoms with Gasteiger partial charge in [0.25, 0.3) is 0 Å². The van der Waals surface area contributed by atoms with Crippen LogP contribution in [0.4, 0.5) is 0 Å². The number of carbonyl (C=O) groups is 8. The van der Waals surface area contributed by atoms with Gasteiger partial charge < -0.3 is 52.1 Å².